The van der Waals surface area contributed by atoms with Gasteiger partial charge in [0, 0.05) is 12.7 Å². The lowest BCUT2D eigenvalue weighted by molar-refractivity contribution is 0.446. The molecule has 15 heavy (non-hydrogen) atoms. The fourth-order valence-corrected chi connectivity index (χ4v) is 2.98. The molecule has 82 valence electrons. The Bertz CT molecular complexity index is 272. The molecule has 0 amide bonds. The molecule has 1 aromatic rings. The summed E-state index contributed by atoms with van der Waals surface area (Å²) in [5.41, 5.74) is 1.08. The Labute approximate surface area is 95.1 Å². The molecule has 0 bridgehead atoms. The highest BCUT2D eigenvalue weighted by molar-refractivity contribution is 7.99. The summed E-state index contributed by atoms with van der Waals surface area (Å²) in [5, 5.41) is 3.47. The molecular formula is C11H17N3S. The van der Waals surface area contributed by atoms with Gasteiger partial charge in [-0.3, -0.25) is 0 Å². The van der Waals surface area contributed by atoms with Gasteiger partial charge < -0.3 is 5.32 Å². The van der Waals surface area contributed by atoms with Crippen LogP contribution in [0.15, 0.2) is 18.6 Å². The largest absolute Gasteiger partial charge is 0.311 e. The molecule has 0 atom stereocenters. The SMILES string of the molecule is c1cc(CNCC2CCSCC2)ncn1. The van der Waals surface area contributed by atoms with Gasteiger partial charge in [-0.1, -0.05) is 0 Å². The van der Waals surface area contributed by atoms with Crippen LogP contribution >= 0.6 is 11.8 Å². The molecule has 0 radical (unpaired) electrons. The zero-order valence-electron chi connectivity index (χ0n) is 8.85. The average molecular weight is 223 g/mol. The maximum Gasteiger partial charge on any atom is 0.115 e. The topological polar surface area (TPSA) is 37.8 Å². The van der Waals surface area contributed by atoms with Gasteiger partial charge in [0.1, 0.15) is 6.33 Å². The van der Waals surface area contributed by atoms with Gasteiger partial charge in [-0.15, -0.1) is 0 Å². The fraction of sp³-hybridized carbons (Fsp3) is 0.636. The Morgan fingerprint density at radius 1 is 1.40 bits per heavy atom. The van der Waals surface area contributed by atoms with Crippen LogP contribution in [0.4, 0.5) is 0 Å². The van der Waals surface area contributed by atoms with Crippen molar-refractivity contribution in [2.45, 2.75) is 19.4 Å². The van der Waals surface area contributed by atoms with Crippen molar-refractivity contribution in [3.05, 3.63) is 24.3 Å². The highest BCUT2D eigenvalue weighted by Crippen LogP contribution is 2.21. The standard InChI is InChI=1S/C11H17N3S/c1-4-12-9-14-11(1)8-13-7-10-2-5-15-6-3-10/h1,4,9-10,13H,2-3,5-8H2. The predicted octanol–water partition coefficient (Wildman–Crippen LogP) is 1.71. The van der Waals surface area contributed by atoms with E-state index < -0.39 is 0 Å². The second-order valence-electron chi connectivity index (χ2n) is 3.89. The summed E-state index contributed by atoms with van der Waals surface area (Å²) < 4.78 is 0. The van der Waals surface area contributed by atoms with Crippen molar-refractivity contribution in [1.82, 2.24) is 15.3 Å². The molecule has 0 aliphatic carbocycles. The molecule has 1 saturated heterocycles. The van der Waals surface area contributed by atoms with E-state index in [-0.39, 0.29) is 0 Å². The van der Waals surface area contributed by atoms with Crippen LogP contribution in [0, 0.1) is 5.92 Å². The van der Waals surface area contributed by atoms with E-state index in [0.29, 0.717) is 0 Å². The van der Waals surface area contributed by atoms with Gasteiger partial charge in [-0.25, -0.2) is 9.97 Å². The van der Waals surface area contributed by atoms with E-state index in [2.05, 4.69) is 27.0 Å². The molecule has 1 aromatic heterocycles. The molecule has 1 fully saturated rings. The van der Waals surface area contributed by atoms with Gasteiger partial charge in [0.05, 0.1) is 5.69 Å². The molecule has 0 aromatic carbocycles. The summed E-state index contributed by atoms with van der Waals surface area (Å²) >= 11 is 2.08. The van der Waals surface area contributed by atoms with Crippen LogP contribution < -0.4 is 5.32 Å². The molecule has 1 N–H and O–H groups in total. The molecule has 3 nitrogen and oxygen atoms in total. The smallest absolute Gasteiger partial charge is 0.115 e. The zero-order valence-corrected chi connectivity index (χ0v) is 9.67. The summed E-state index contributed by atoms with van der Waals surface area (Å²) in [4.78, 5) is 8.09. The minimum atomic E-state index is 0.867. The van der Waals surface area contributed by atoms with Gasteiger partial charge in [0.25, 0.3) is 0 Å². The van der Waals surface area contributed by atoms with Gasteiger partial charge >= 0.3 is 0 Å². The third-order valence-electron chi connectivity index (χ3n) is 2.72. The lowest BCUT2D eigenvalue weighted by Gasteiger charge is -2.21. The first-order valence-electron chi connectivity index (χ1n) is 5.48. The Morgan fingerprint density at radius 2 is 2.27 bits per heavy atom. The normalized spacial score (nSPS) is 17.9. The number of rotatable bonds is 4. The molecule has 1 aliphatic rings. The Balaban J connectivity index is 1.66. The van der Waals surface area contributed by atoms with Crippen molar-refractivity contribution in [3.8, 4) is 0 Å². The first-order valence-corrected chi connectivity index (χ1v) is 6.64. The summed E-state index contributed by atoms with van der Waals surface area (Å²) in [5.74, 6) is 3.53. The maximum atomic E-state index is 4.18. The van der Waals surface area contributed by atoms with Crippen LogP contribution in [0.25, 0.3) is 0 Å². The van der Waals surface area contributed by atoms with Gasteiger partial charge in [-0.2, -0.15) is 11.8 Å². The van der Waals surface area contributed by atoms with Crippen molar-refractivity contribution < 1.29 is 0 Å². The van der Waals surface area contributed by atoms with Crippen LogP contribution in [-0.4, -0.2) is 28.0 Å². The van der Waals surface area contributed by atoms with E-state index >= 15 is 0 Å². The third kappa shape index (κ3) is 3.80. The van der Waals surface area contributed by atoms with Crippen molar-refractivity contribution in [3.63, 3.8) is 0 Å². The molecule has 1 aliphatic heterocycles. The van der Waals surface area contributed by atoms with Crippen LogP contribution in [0.5, 0.6) is 0 Å². The summed E-state index contributed by atoms with van der Waals surface area (Å²) in [6.45, 7) is 2.00. The Morgan fingerprint density at radius 3 is 3.00 bits per heavy atom. The van der Waals surface area contributed by atoms with Crippen LogP contribution in [0.1, 0.15) is 18.5 Å². The van der Waals surface area contributed by atoms with Crippen molar-refractivity contribution in [1.29, 1.82) is 0 Å². The van der Waals surface area contributed by atoms with Crippen LogP contribution in [-0.2, 0) is 6.54 Å². The van der Waals surface area contributed by atoms with Crippen molar-refractivity contribution in [2.24, 2.45) is 5.92 Å². The number of thioether (sulfide) groups is 1. The fourth-order valence-electron chi connectivity index (χ4n) is 1.78. The quantitative estimate of drug-likeness (QED) is 0.843. The zero-order chi connectivity index (χ0) is 10.3. The van der Waals surface area contributed by atoms with E-state index in [1.807, 2.05) is 6.07 Å². The molecule has 2 heterocycles. The number of nitrogens with zero attached hydrogens (tertiary/aromatic N) is 2. The van der Waals surface area contributed by atoms with E-state index in [1.54, 1.807) is 12.5 Å². The Kier molecular flexibility index (Phi) is 4.41. The lowest BCUT2D eigenvalue weighted by atomic mass is 10.0. The van der Waals surface area contributed by atoms with Crippen molar-refractivity contribution >= 4 is 11.8 Å². The average Bonchev–Trinajstić information content (AvgIpc) is 2.32. The van der Waals surface area contributed by atoms with Crippen LogP contribution in [0.3, 0.4) is 0 Å². The molecule has 0 unspecified atom stereocenters. The molecule has 2 rings (SSSR count). The molecule has 0 spiro atoms. The highest BCUT2D eigenvalue weighted by atomic mass is 32.2. The summed E-state index contributed by atoms with van der Waals surface area (Å²) in [6, 6.07) is 1.96. The van der Waals surface area contributed by atoms with E-state index in [4.69, 9.17) is 0 Å². The summed E-state index contributed by atoms with van der Waals surface area (Å²) in [7, 11) is 0. The van der Waals surface area contributed by atoms with E-state index in [9.17, 15) is 0 Å². The number of hydrogen-bond acceptors (Lipinski definition) is 4. The minimum Gasteiger partial charge on any atom is -0.311 e. The molecular weight excluding hydrogens is 206 g/mol. The first-order chi connectivity index (χ1) is 7.45. The second-order valence-corrected chi connectivity index (χ2v) is 5.11. The first kappa shape index (κ1) is 10.9. The summed E-state index contributed by atoms with van der Waals surface area (Å²) in [6.07, 6.45) is 6.12. The predicted molar refractivity (Wildman–Crippen MR) is 63.8 cm³/mol. The number of aromatic nitrogens is 2. The number of hydrogen-bond donors (Lipinski definition) is 1. The minimum absolute atomic E-state index is 0.867. The highest BCUT2D eigenvalue weighted by Gasteiger charge is 2.12. The number of nitrogens with one attached hydrogen (secondary N) is 1. The maximum absolute atomic E-state index is 4.18. The van der Waals surface area contributed by atoms with E-state index in [0.717, 1.165) is 24.7 Å². The van der Waals surface area contributed by atoms with E-state index in [1.165, 1.54) is 24.3 Å². The van der Waals surface area contributed by atoms with Crippen molar-refractivity contribution in [2.75, 3.05) is 18.1 Å². The van der Waals surface area contributed by atoms with Gasteiger partial charge in [-0.05, 0) is 42.9 Å². The third-order valence-corrected chi connectivity index (χ3v) is 3.77. The second kappa shape index (κ2) is 6.08. The van der Waals surface area contributed by atoms with Gasteiger partial charge in [0.2, 0.25) is 0 Å². The molecule has 4 heteroatoms. The van der Waals surface area contributed by atoms with Gasteiger partial charge in [0.15, 0.2) is 0 Å². The lowest BCUT2D eigenvalue weighted by Crippen LogP contribution is -2.25. The molecule has 0 saturated carbocycles. The van der Waals surface area contributed by atoms with Crippen LogP contribution in [0.2, 0.25) is 0 Å². The monoisotopic (exact) mass is 223 g/mol. The Hall–Kier alpha value is -0.610.